The lowest BCUT2D eigenvalue weighted by atomic mass is 10.0. The van der Waals surface area contributed by atoms with Crippen LogP contribution in [-0.4, -0.2) is 30.4 Å². The average Bonchev–Trinajstić information content (AvgIpc) is 2.78. The third kappa shape index (κ3) is 2.56. The number of hydrogen-bond donors (Lipinski definition) is 1. The molecule has 1 aromatic carbocycles. The fourth-order valence-electron chi connectivity index (χ4n) is 2.80. The summed E-state index contributed by atoms with van der Waals surface area (Å²) in [5, 5.41) is 0. The summed E-state index contributed by atoms with van der Waals surface area (Å²) in [6, 6.07) is 6.02. The molecule has 1 atom stereocenters. The molecule has 18 heavy (non-hydrogen) atoms. The zero-order chi connectivity index (χ0) is 13.1. The van der Waals surface area contributed by atoms with Crippen LogP contribution < -0.4 is 5.73 Å². The molecule has 1 aromatic rings. The van der Waals surface area contributed by atoms with Crippen molar-refractivity contribution in [1.29, 1.82) is 0 Å². The van der Waals surface area contributed by atoms with E-state index >= 15 is 0 Å². The van der Waals surface area contributed by atoms with E-state index < -0.39 is 0 Å². The lowest BCUT2D eigenvalue weighted by molar-refractivity contribution is 0.0785. The van der Waals surface area contributed by atoms with E-state index in [-0.39, 0.29) is 5.91 Å². The van der Waals surface area contributed by atoms with E-state index in [1.165, 1.54) is 0 Å². The maximum Gasteiger partial charge on any atom is 0.254 e. The molecule has 1 fully saturated rings. The third-order valence-corrected chi connectivity index (χ3v) is 3.84. The van der Waals surface area contributed by atoms with E-state index in [2.05, 4.69) is 0 Å². The molecule has 0 saturated carbocycles. The summed E-state index contributed by atoms with van der Waals surface area (Å²) in [6.45, 7) is 6.47. The fraction of sp³-hybridized carbons (Fsp3) is 0.533. The second-order valence-electron chi connectivity index (χ2n) is 5.25. The van der Waals surface area contributed by atoms with Crippen molar-refractivity contribution in [3.8, 4) is 0 Å². The van der Waals surface area contributed by atoms with E-state index in [1.54, 1.807) is 0 Å². The van der Waals surface area contributed by atoms with Crippen LogP contribution in [0.25, 0.3) is 0 Å². The molecule has 3 heteroatoms. The summed E-state index contributed by atoms with van der Waals surface area (Å²) in [5.41, 5.74) is 8.61. The second-order valence-corrected chi connectivity index (χ2v) is 5.25. The van der Waals surface area contributed by atoms with Crippen molar-refractivity contribution >= 4 is 5.91 Å². The molecule has 98 valence electrons. The highest BCUT2D eigenvalue weighted by atomic mass is 16.2. The summed E-state index contributed by atoms with van der Waals surface area (Å²) in [6.07, 6.45) is 2.12. The predicted molar refractivity (Wildman–Crippen MR) is 73.6 cm³/mol. The van der Waals surface area contributed by atoms with Gasteiger partial charge >= 0.3 is 0 Å². The van der Waals surface area contributed by atoms with Crippen LogP contribution in [0, 0.1) is 19.8 Å². The Kier molecular flexibility index (Phi) is 4.02. The van der Waals surface area contributed by atoms with Gasteiger partial charge in [-0.15, -0.1) is 0 Å². The van der Waals surface area contributed by atoms with E-state index in [1.807, 2.05) is 36.9 Å². The highest BCUT2D eigenvalue weighted by Gasteiger charge is 2.27. The Balaban J connectivity index is 2.13. The van der Waals surface area contributed by atoms with Crippen LogP contribution in [0.3, 0.4) is 0 Å². The maximum absolute atomic E-state index is 12.5. The topological polar surface area (TPSA) is 46.3 Å². The minimum atomic E-state index is 0.185. The van der Waals surface area contributed by atoms with Gasteiger partial charge in [-0.25, -0.2) is 0 Å². The highest BCUT2D eigenvalue weighted by Crippen LogP contribution is 2.23. The molecule has 1 heterocycles. The molecule has 1 amide bonds. The van der Waals surface area contributed by atoms with Crippen molar-refractivity contribution in [2.75, 3.05) is 19.6 Å². The minimum absolute atomic E-state index is 0.185. The smallest absolute Gasteiger partial charge is 0.254 e. The summed E-state index contributed by atoms with van der Waals surface area (Å²) in [7, 11) is 0. The molecular formula is C15H22N2O. The van der Waals surface area contributed by atoms with Gasteiger partial charge in [-0.1, -0.05) is 18.2 Å². The first-order chi connectivity index (χ1) is 8.63. The van der Waals surface area contributed by atoms with Crippen molar-refractivity contribution < 1.29 is 4.79 Å². The van der Waals surface area contributed by atoms with Gasteiger partial charge in [0.25, 0.3) is 5.91 Å². The van der Waals surface area contributed by atoms with Crippen molar-refractivity contribution in [2.24, 2.45) is 11.7 Å². The van der Waals surface area contributed by atoms with E-state index in [4.69, 9.17) is 5.73 Å². The molecule has 2 rings (SSSR count). The number of rotatable bonds is 3. The number of benzene rings is 1. The summed E-state index contributed by atoms with van der Waals surface area (Å²) in [4.78, 5) is 14.5. The van der Waals surface area contributed by atoms with Gasteiger partial charge in [-0.05, 0) is 50.3 Å². The normalized spacial score (nSPS) is 19.3. The molecule has 0 aromatic heterocycles. The van der Waals surface area contributed by atoms with Crippen LogP contribution >= 0.6 is 0 Å². The van der Waals surface area contributed by atoms with Gasteiger partial charge in [-0.2, -0.15) is 0 Å². The molecule has 1 saturated heterocycles. The number of amides is 1. The second kappa shape index (κ2) is 5.53. The predicted octanol–water partition coefficient (Wildman–Crippen LogP) is 2.11. The standard InChI is InChI=1S/C15H22N2O/c1-11-4-3-5-12(2)14(11)15(18)17-9-7-13(10-17)6-8-16/h3-5,13H,6-10,16H2,1-2H3. The first-order valence-corrected chi connectivity index (χ1v) is 6.69. The van der Waals surface area contributed by atoms with Crippen molar-refractivity contribution in [1.82, 2.24) is 4.90 Å². The van der Waals surface area contributed by atoms with Crippen LogP contribution in [0.15, 0.2) is 18.2 Å². The Morgan fingerprint density at radius 2 is 2.06 bits per heavy atom. The summed E-state index contributed by atoms with van der Waals surface area (Å²) < 4.78 is 0. The first kappa shape index (κ1) is 13.1. The van der Waals surface area contributed by atoms with Gasteiger partial charge in [0.15, 0.2) is 0 Å². The molecule has 0 radical (unpaired) electrons. The lowest BCUT2D eigenvalue weighted by Crippen LogP contribution is -2.30. The summed E-state index contributed by atoms with van der Waals surface area (Å²) >= 11 is 0. The molecule has 1 unspecified atom stereocenters. The number of likely N-dealkylation sites (tertiary alicyclic amines) is 1. The fourth-order valence-corrected chi connectivity index (χ4v) is 2.80. The molecule has 3 nitrogen and oxygen atoms in total. The molecule has 1 aliphatic heterocycles. The third-order valence-electron chi connectivity index (χ3n) is 3.84. The Hall–Kier alpha value is -1.35. The van der Waals surface area contributed by atoms with Gasteiger partial charge in [0.1, 0.15) is 0 Å². The Labute approximate surface area is 109 Å². The Bertz CT molecular complexity index is 422. The Morgan fingerprint density at radius 1 is 1.39 bits per heavy atom. The summed E-state index contributed by atoms with van der Waals surface area (Å²) in [5.74, 6) is 0.772. The zero-order valence-corrected chi connectivity index (χ0v) is 11.3. The van der Waals surface area contributed by atoms with Crippen LogP contribution in [0.1, 0.15) is 34.3 Å². The van der Waals surface area contributed by atoms with Crippen LogP contribution in [0.2, 0.25) is 0 Å². The van der Waals surface area contributed by atoms with Gasteiger partial charge in [0.05, 0.1) is 0 Å². The van der Waals surface area contributed by atoms with Crippen LogP contribution in [0.5, 0.6) is 0 Å². The first-order valence-electron chi connectivity index (χ1n) is 6.69. The number of carbonyl (C=O) groups excluding carboxylic acids is 1. The monoisotopic (exact) mass is 246 g/mol. The molecule has 2 N–H and O–H groups in total. The maximum atomic E-state index is 12.5. The highest BCUT2D eigenvalue weighted by molar-refractivity contribution is 5.97. The number of nitrogens with two attached hydrogens (primary N) is 1. The average molecular weight is 246 g/mol. The minimum Gasteiger partial charge on any atom is -0.338 e. The van der Waals surface area contributed by atoms with E-state index in [0.717, 1.165) is 49.2 Å². The van der Waals surface area contributed by atoms with Crippen LogP contribution in [-0.2, 0) is 0 Å². The van der Waals surface area contributed by atoms with Crippen molar-refractivity contribution in [3.05, 3.63) is 34.9 Å². The number of aryl methyl sites for hydroxylation is 2. The zero-order valence-electron chi connectivity index (χ0n) is 11.3. The lowest BCUT2D eigenvalue weighted by Gasteiger charge is -2.19. The van der Waals surface area contributed by atoms with Gasteiger partial charge in [-0.3, -0.25) is 4.79 Å². The molecule has 0 spiro atoms. The van der Waals surface area contributed by atoms with Gasteiger partial charge in [0, 0.05) is 18.7 Å². The van der Waals surface area contributed by atoms with Crippen LogP contribution in [0.4, 0.5) is 0 Å². The molecule has 1 aliphatic rings. The quantitative estimate of drug-likeness (QED) is 0.888. The largest absolute Gasteiger partial charge is 0.338 e. The van der Waals surface area contributed by atoms with E-state index in [9.17, 15) is 4.79 Å². The SMILES string of the molecule is Cc1cccc(C)c1C(=O)N1CCC(CCN)C1. The Morgan fingerprint density at radius 3 is 2.67 bits per heavy atom. The number of nitrogens with zero attached hydrogens (tertiary/aromatic N) is 1. The van der Waals surface area contributed by atoms with Gasteiger partial charge < -0.3 is 10.6 Å². The molecule has 0 aliphatic carbocycles. The molecular weight excluding hydrogens is 224 g/mol. The van der Waals surface area contributed by atoms with Gasteiger partial charge in [0.2, 0.25) is 0 Å². The van der Waals surface area contributed by atoms with E-state index in [0.29, 0.717) is 5.92 Å². The number of hydrogen-bond acceptors (Lipinski definition) is 2. The van der Waals surface area contributed by atoms with Crippen molar-refractivity contribution in [2.45, 2.75) is 26.7 Å². The number of carbonyl (C=O) groups is 1. The van der Waals surface area contributed by atoms with Crippen molar-refractivity contribution in [3.63, 3.8) is 0 Å². The molecule has 0 bridgehead atoms.